The predicted molar refractivity (Wildman–Crippen MR) is 58.0 cm³/mol. The summed E-state index contributed by atoms with van der Waals surface area (Å²) in [6, 6.07) is 5.72. The van der Waals surface area contributed by atoms with Gasteiger partial charge in [0.25, 0.3) is 5.56 Å². The van der Waals surface area contributed by atoms with Gasteiger partial charge in [0.05, 0.1) is 5.52 Å². The Morgan fingerprint density at radius 2 is 2.14 bits per heavy atom. The first kappa shape index (κ1) is 7.82. The Morgan fingerprint density at radius 3 is 3.00 bits per heavy atom. The zero-order chi connectivity index (χ0) is 9.71. The molecular formula is C10H8N2OS. The minimum absolute atomic E-state index is 0.0564. The van der Waals surface area contributed by atoms with Crippen molar-refractivity contribution in [2.75, 3.05) is 0 Å². The van der Waals surface area contributed by atoms with Crippen molar-refractivity contribution in [2.45, 2.75) is 0 Å². The molecule has 0 atom stereocenters. The van der Waals surface area contributed by atoms with Gasteiger partial charge in [-0.15, -0.1) is 11.3 Å². The van der Waals surface area contributed by atoms with E-state index < -0.39 is 0 Å². The lowest BCUT2D eigenvalue weighted by Crippen LogP contribution is -2.18. The fourth-order valence-corrected chi connectivity index (χ4v) is 2.67. The van der Waals surface area contributed by atoms with E-state index in [4.69, 9.17) is 0 Å². The van der Waals surface area contributed by atoms with Gasteiger partial charge in [-0.1, -0.05) is 0 Å². The lowest BCUT2D eigenvalue weighted by atomic mass is 10.4. The van der Waals surface area contributed by atoms with E-state index in [0.717, 1.165) is 15.9 Å². The molecule has 3 aromatic heterocycles. The standard InChI is InChI=1S/C10H8N2OS/c1-11-8-4-6-14-10(8)12-5-2-3-7(12)9(11)13/h2-6H,1H3. The predicted octanol–water partition coefficient (Wildman–Crippen LogP) is 1.85. The molecule has 0 aliphatic heterocycles. The highest BCUT2D eigenvalue weighted by atomic mass is 32.1. The van der Waals surface area contributed by atoms with Crippen LogP contribution in [0.4, 0.5) is 0 Å². The SMILES string of the molecule is Cn1c(=O)c2cccn2c2sccc21. The molecule has 3 nitrogen and oxygen atoms in total. The Bertz CT molecular complexity index is 674. The molecule has 0 radical (unpaired) electrons. The molecular weight excluding hydrogens is 196 g/mol. The number of hydrogen-bond donors (Lipinski definition) is 0. The molecule has 3 aromatic rings. The van der Waals surface area contributed by atoms with Crippen LogP contribution in [0.25, 0.3) is 15.9 Å². The third-order valence-electron chi connectivity index (χ3n) is 2.48. The van der Waals surface area contributed by atoms with Crippen LogP contribution in [-0.4, -0.2) is 8.97 Å². The average molecular weight is 204 g/mol. The molecule has 0 aliphatic rings. The summed E-state index contributed by atoms with van der Waals surface area (Å²) >= 11 is 1.65. The number of rotatable bonds is 0. The van der Waals surface area contributed by atoms with Crippen LogP contribution in [-0.2, 0) is 7.05 Å². The molecule has 0 spiro atoms. The van der Waals surface area contributed by atoms with Crippen LogP contribution in [0.15, 0.2) is 34.6 Å². The van der Waals surface area contributed by atoms with Crippen molar-refractivity contribution >= 4 is 27.2 Å². The lowest BCUT2D eigenvalue weighted by Gasteiger charge is -2.02. The molecule has 3 heterocycles. The van der Waals surface area contributed by atoms with Gasteiger partial charge in [0.1, 0.15) is 10.3 Å². The van der Waals surface area contributed by atoms with E-state index in [1.54, 1.807) is 15.9 Å². The van der Waals surface area contributed by atoms with Crippen molar-refractivity contribution in [1.82, 2.24) is 8.97 Å². The summed E-state index contributed by atoms with van der Waals surface area (Å²) in [5, 5.41) is 2.00. The van der Waals surface area contributed by atoms with Crippen molar-refractivity contribution in [2.24, 2.45) is 7.05 Å². The number of aryl methyl sites for hydroxylation is 1. The third kappa shape index (κ3) is 0.786. The summed E-state index contributed by atoms with van der Waals surface area (Å²) in [6.07, 6.45) is 1.93. The molecule has 0 unspecified atom stereocenters. The summed E-state index contributed by atoms with van der Waals surface area (Å²) in [4.78, 5) is 13.0. The van der Waals surface area contributed by atoms with E-state index in [1.165, 1.54) is 0 Å². The molecule has 3 rings (SSSR count). The first-order chi connectivity index (χ1) is 6.79. The van der Waals surface area contributed by atoms with Gasteiger partial charge in [-0.25, -0.2) is 0 Å². The number of hydrogen-bond acceptors (Lipinski definition) is 2. The minimum Gasteiger partial charge on any atom is -0.307 e. The van der Waals surface area contributed by atoms with Crippen LogP contribution >= 0.6 is 11.3 Å². The van der Waals surface area contributed by atoms with E-state index >= 15 is 0 Å². The molecule has 0 N–H and O–H groups in total. The van der Waals surface area contributed by atoms with Gasteiger partial charge in [-0.05, 0) is 23.6 Å². The number of fused-ring (bicyclic) bond motifs is 3. The van der Waals surface area contributed by atoms with Crippen molar-refractivity contribution in [1.29, 1.82) is 0 Å². The molecule has 14 heavy (non-hydrogen) atoms. The van der Waals surface area contributed by atoms with E-state index in [1.807, 2.05) is 41.2 Å². The highest BCUT2D eigenvalue weighted by Crippen LogP contribution is 2.19. The van der Waals surface area contributed by atoms with Crippen LogP contribution < -0.4 is 5.56 Å². The molecule has 0 aliphatic carbocycles. The van der Waals surface area contributed by atoms with Gasteiger partial charge in [0, 0.05) is 13.2 Å². The van der Waals surface area contributed by atoms with Gasteiger partial charge >= 0.3 is 0 Å². The second-order valence-electron chi connectivity index (χ2n) is 3.24. The second-order valence-corrected chi connectivity index (χ2v) is 4.13. The fourth-order valence-electron chi connectivity index (χ4n) is 1.74. The Labute approximate surface area is 83.8 Å². The number of nitrogens with zero attached hydrogens (tertiary/aromatic N) is 2. The normalized spacial score (nSPS) is 11.5. The largest absolute Gasteiger partial charge is 0.307 e. The summed E-state index contributed by atoms with van der Waals surface area (Å²) in [6.45, 7) is 0. The smallest absolute Gasteiger partial charge is 0.275 e. The van der Waals surface area contributed by atoms with Crippen molar-refractivity contribution in [3.8, 4) is 0 Å². The molecule has 0 amide bonds. The van der Waals surface area contributed by atoms with Gasteiger partial charge in [0.15, 0.2) is 0 Å². The van der Waals surface area contributed by atoms with Crippen LogP contribution in [0.5, 0.6) is 0 Å². The van der Waals surface area contributed by atoms with Gasteiger partial charge in [-0.3, -0.25) is 4.79 Å². The number of thiophene rings is 1. The average Bonchev–Trinajstić information content (AvgIpc) is 2.80. The first-order valence-electron chi connectivity index (χ1n) is 4.32. The Morgan fingerprint density at radius 1 is 1.29 bits per heavy atom. The van der Waals surface area contributed by atoms with Crippen LogP contribution in [0.3, 0.4) is 0 Å². The highest BCUT2D eigenvalue weighted by Gasteiger charge is 2.07. The maximum Gasteiger partial charge on any atom is 0.275 e. The molecule has 70 valence electrons. The van der Waals surface area contributed by atoms with Crippen LogP contribution in [0.2, 0.25) is 0 Å². The van der Waals surface area contributed by atoms with E-state index in [-0.39, 0.29) is 5.56 Å². The number of aromatic nitrogens is 2. The third-order valence-corrected chi connectivity index (χ3v) is 3.38. The maximum atomic E-state index is 11.8. The van der Waals surface area contributed by atoms with E-state index in [0.29, 0.717) is 0 Å². The summed E-state index contributed by atoms with van der Waals surface area (Å²) in [7, 11) is 1.81. The van der Waals surface area contributed by atoms with Crippen molar-refractivity contribution in [3.05, 3.63) is 40.1 Å². The summed E-state index contributed by atoms with van der Waals surface area (Å²) in [5.41, 5.74) is 1.78. The molecule has 0 saturated heterocycles. The zero-order valence-corrected chi connectivity index (χ0v) is 8.41. The molecule has 0 fully saturated rings. The highest BCUT2D eigenvalue weighted by molar-refractivity contribution is 7.16. The molecule has 0 saturated carbocycles. The second kappa shape index (κ2) is 2.48. The summed E-state index contributed by atoms with van der Waals surface area (Å²) < 4.78 is 3.64. The van der Waals surface area contributed by atoms with E-state index in [9.17, 15) is 4.79 Å². The van der Waals surface area contributed by atoms with Crippen molar-refractivity contribution < 1.29 is 0 Å². The van der Waals surface area contributed by atoms with Gasteiger partial charge in [-0.2, -0.15) is 0 Å². The molecule has 0 bridgehead atoms. The lowest BCUT2D eigenvalue weighted by molar-refractivity contribution is 0.904. The summed E-state index contributed by atoms with van der Waals surface area (Å²) in [5.74, 6) is 0. The maximum absolute atomic E-state index is 11.8. The zero-order valence-electron chi connectivity index (χ0n) is 7.60. The monoisotopic (exact) mass is 204 g/mol. The van der Waals surface area contributed by atoms with Crippen LogP contribution in [0, 0.1) is 0 Å². The van der Waals surface area contributed by atoms with Gasteiger partial charge < -0.3 is 8.97 Å². The Hall–Kier alpha value is -1.55. The minimum atomic E-state index is 0.0564. The van der Waals surface area contributed by atoms with E-state index in [2.05, 4.69) is 0 Å². The fraction of sp³-hybridized carbons (Fsp3) is 0.100. The van der Waals surface area contributed by atoms with Gasteiger partial charge in [0.2, 0.25) is 0 Å². The van der Waals surface area contributed by atoms with Crippen molar-refractivity contribution in [3.63, 3.8) is 0 Å². The Kier molecular flexibility index (Phi) is 1.39. The van der Waals surface area contributed by atoms with Crippen LogP contribution in [0.1, 0.15) is 0 Å². The molecule has 0 aromatic carbocycles. The molecule has 4 heteroatoms. The topological polar surface area (TPSA) is 26.4 Å². The first-order valence-corrected chi connectivity index (χ1v) is 5.20. The quantitative estimate of drug-likeness (QED) is 0.549. The Balaban J connectivity index is 2.81.